The van der Waals surface area contributed by atoms with Gasteiger partial charge in [-0.1, -0.05) is 29.8 Å². The van der Waals surface area contributed by atoms with Crippen LogP contribution in [0.3, 0.4) is 0 Å². The van der Waals surface area contributed by atoms with Crippen LogP contribution in [0.2, 0.25) is 0 Å². The van der Waals surface area contributed by atoms with Crippen LogP contribution in [0.5, 0.6) is 0 Å². The Morgan fingerprint density at radius 1 is 1.09 bits per heavy atom. The fourth-order valence-corrected chi connectivity index (χ4v) is 2.62. The second-order valence-electron chi connectivity index (χ2n) is 5.85. The number of hydrogen-bond donors (Lipinski definition) is 0. The zero-order valence-corrected chi connectivity index (χ0v) is 13.6. The molecule has 3 rings (SSSR count). The lowest BCUT2D eigenvalue weighted by Gasteiger charge is -2.33. The molecule has 23 heavy (non-hydrogen) atoms. The molecule has 1 aliphatic heterocycles. The third kappa shape index (κ3) is 4.83. The number of nitrogens with zero attached hydrogens (tertiary/aromatic N) is 3. The number of rotatable bonds is 5. The van der Waals surface area contributed by atoms with Gasteiger partial charge in [0.15, 0.2) is 0 Å². The van der Waals surface area contributed by atoms with Gasteiger partial charge in [-0.15, -0.1) is 0 Å². The molecule has 4 heteroatoms. The summed E-state index contributed by atoms with van der Waals surface area (Å²) in [5.41, 5.74) is 2.70. The number of benzene rings is 1. The number of piperazine rings is 1. The van der Waals surface area contributed by atoms with Crippen molar-refractivity contribution < 1.29 is 4.42 Å². The minimum atomic E-state index is 0.847. The zero-order chi connectivity index (χ0) is 15.9. The van der Waals surface area contributed by atoms with Crippen LogP contribution < -0.4 is 0 Å². The molecular formula is C19H23N3O. The first-order valence-electron chi connectivity index (χ1n) is 8.06. The maximum atomic E-state index is 5.23. The minimum absolute atomic E-state index is 0.847. The molecule has 2 aromatic rings. The van der Waals surface area contributed by atoms with E-state index in [1.807, 2.05) is 30.5 Å². The summed E-state index contributed by atoms with van der Waals surface area (Å²) >= 11 is 0. The minimum Gasteiger partial charge on any atom is -0.465 e. The summed E-state index contributed by atoms with van der Waals surface area (Å²) in [7, 11) is 0. The second kappa shape index (κ2) is 7.79. The van der Waals surface area contributed by atoms with E-state index in [0.717, 1.165) is 38.5 Å². The molecule has 0 amide bonds. The van der Waals surface area contributed by atoms with E-state index in [2.05, 4.69) is 46.2 Å². The molecule has 0 unspecified atom stereocenters. The molecule has 120 valence electrons. The molecule has 0 N–H and O–H groups in total. The Bertz CT molecular complexity index is 636. The van der Waals surface area contributed by atoms with Crippen LogP contribution in [-0.4, -0.2) is 42.3 Å². The molecule has 0 atom stereocenters. The molecule has 0 spiro atoms. The van der Waals surface area contributed by atoms with E-state index < -0.39 is 0 Å². The summed E-state index contributed by atoms with van der Waals surface area (Å²) < 4.78 is 5.23. The molecule has 1 aliphatic rings. The van der Waals surface area contributed by atoms with E-state index in [-0.39, 0.29) is 0 Å². The third-order valence-electron chi connectivity index (χ3n) is 4.00. The van der Waals surface area contributed by atoms with Crippen LogP contribution >= 0.6 is 0 Å². The van der Waals surface area contributed by atoms with Gasteiger partial charge in [0.05, 0.1) is 6.26 Å². The number of hydrogen-bond acceptors (Lipinski definition) is 4. The Hall–Kier alpha value is -2.33. The van der Waals surface area contributed by atoms with E-state index in [0.29, 0.717) is 0 Å². The largest absolute Gasteiger partial charge is 0.465 e. The predicted octanol–water partition coefficient (Wildman–Crippen LogP) is 3.40. The molecule has 1 aromatic heterocycles. The van der Waals surface area contributed by atoms with Crippen LogP contribution in [0.15, 0.2) is 58.3 Å². The maximum absolute atomic E-state index is 5.23. The first-order valence-corrected chi connectivity index (χ1v) is 8.06. The Morgan fingerprint density at radius 3 is 2.57 bits per heavy atom. The van der Waals surface area contributed by atoms with Gasteiger partial charge in [-0.2, -0.15) is 5.10 Å². The van der Waals surface area contributed by atoms with E-state index in [4.69, 9.17) is 4.42 Å². The summed E-state index contributed by atoms with van der Waals surface area (Å²) in [6.07, 6.45) is 7.33. The molecule has 1 fully saturated rings. The first kappa shape index (κ1) is 15.6. The van der Waals surface area contributed by atoms with Gasteiger partial charge in [-0.25, -0.2) is 0 Å². The van der Waals surface area contributed by atoms with Crippen molar-refractivity contribution in [2.75, 3.05) is 26.2 Å². The number of hydrazone groups is 1. The van der Waals surface area contributed by atoms with E-state index in [1.165, 1.54) is 11.1 Å². The quantitative estimate of drug-likeness (QED) is 0.793. The first-order chi connectivity index (χ1) is 11.3. The van der Waals surface area contributed by atoms with Crippen LogP contribution in [0.1, 0.15) is 16.9 Å². The monoisotopic (exact) mass is 309 g/mol. The highest BCUT2D eigenvalue weighted by Crippen LogP contribution is 2.10. The Morgan fingerprint density at radius 2 is 1.87 bits per heavy atom. The molecule has 0 saturated carbocycles. The Labute approximate surface area is 137 Å². The van der Waals surface area contributed by atoms with Gasteiger partial charge in [0.1, 0.15) is 5.76 Å². The standard InChI is InChI=1S/C19H23N3O/c1-17-6-8-18(9-7-17)16-21-11-13-22(14-12-21)20-10-2-4-19-5-3-15-23-19/h2-10,15H,11-14,16H2,1H3/b4-2+,20-10-. The highest BCUT2D eigenvalue weighted by atomic mass is 16.3. The topological polar surface area (TPSA) is 32.0 Å². The summed E-state index contributed by atoms with van der Waals surface area (Å²) in [5.74, 6) is 0.847. The normalized spacial score (nSPS) is 16.7. The van der Waals surface area contributed by atoms with E-state index in [9.17, 15) is 0 Å². The van der Waals surface area contributed by atoms with E-state index in [1.54, 1.807) is 6.26 Å². The number of furan rings is 1. The van der Waals surface area contributed by atoms with Crippen molar-refractivity contribution >= 4 is 12.3 Å². The van der Waals surface area contributed by atoms with E-state index >= 15 is 0 Å². The molecule has 0 aliphatic carbocycles. The van der Waals surface area contributed by atoms with Crippen molar-refractivity contribution in [2.45, 2.75) is 13.5 Å². The molecular weight excluding hydrogens is 286 g/mol. The van der Waals surface area contributed by atoms with Gasteiger partial charge >= 0.3 is 0 Å². The van der Waals surface area contributed by atoms with Crippen LogP contribution in [0.4, 0.5) is 0 Å². The summed E-state index contributed by atoms with van der Waals surface area (Å²) in [4.78, 5) is 2.48. The van der Waals surface area contributed by atoms with Crippen molar-refractivity contribution in [3.63, 3.8) is 0 Å². The molecule has 0 radical (unpaired) electrons. The lowest BCUT2D eigenvalue weighted by Crippen LogP contribution is -2.43. The SMILES string of the molecule is Cc1ccc(CN2CCN(/N=C\C=C\c3ccco3)CC2)cc1. The average Bonchev–Trinajstić information content (AvgIpc) is 3.09. The van der Waals surface area contributed by atoms with Crippen molar-refractivity contribution in [1.29, 1.82) is 0 Å². The highest BCUT2D eigenvalue weighted by Gasteiger charge is 2.14. The average molecular weight is 309 g/mol. The van der Waals surface area contributed by atoms with Crippen molar-refractivity contribution in [1.82, 2.24) is 9.91 Å². The van der Waals surface area contributed by atoms with Crippen LogP contribution in [0, 0.1) is 6.92 Å². The maximum Gasteiger partial charge on any atom is 0.126 e. The lowest BCUT2D eigenvalue weighted by molar-refractivity contribution is 0.131. The fraction of sp³-hybridized carbons (Fsp3) is 0.316. The summed E-state index contributed by atoms with van der Waals surface area (Å²) in [5, 5.41) is 6.61. The zero-order valence-electron chi connectivity index (χ0n) is 13.6. The molecule has 1 aromatic carbocycles. The van der Waals surface area contributed by atoms with Gasteiger partial charge in [0, 0.05) is 38.9 Å². The number of allylic oxidation sites excluding steroid dienone is 1. The van der Waals surface area contributed by atoms with Crippen molar-refractivity contribution in [3.8, 4) is 0 Å². The fourth-order valence-electron chi connectivity index (χ4n) is 2.62. The van der Waals surface area contributed by atoms with Gasteiger partial charge in [0.2, 0.25) is 0 Å². The molecule has 4 nitrogen and oxygen atoms in total. The van der Waals surface area contributed by atoms with Gasteiger partial charge in [-0.3, -0.25) is 9.91 Å². The Balaban J connectivity index is 1.42. The lowest BCUT2D eigenvalue weighted by atomic mass is 10.1. The summed E-state index contributed by atoms with van der Waals surface area (Å²) in [6, 6.07) is 12.6. The summed E-state index contributed by atoms with van der Waals surface area (Å²) in [6.45, 7) is 7.19. The van der Waals surface area contributed by atoms with Crippen molar-refractivity contribution in [2.24, 2.45) is 5.10 Å². The third-order valence-corrected chi connectivity index (χ3v) is 4.00. The molecule has 2 heterocycles. The van der Waals surface area contributed by atoms with Crippen molar-refractivity contribution in [3.05, 3.63) is 65.6 Å². The number of aryl methyl sites for hydroxylation is 1. The van der Waals surface area contributed by atoms with Crippen LogP contribution in [0.25, 0.3) is 6.08 Å². The molecule has 0 bridgehead atoms. The van der Waals surface area contributed by atoms with Gasteiger partial charge < -0.3 is 4.42 Å². The van der Waals surface area contributed by atoms with Crippen LogP contribution in [-0.2, 0) is 6.54 Å². The molecule has 1 saturated heterocycles. The Kier molecular flexibility index (Phi) is 5.27. The van der Waals surface area contributed by atoms with Gasteiger partial charge in [-0.05, 0) is 36.8 Å². The second-order valence-corrected chi connectivity index (χ2v) is 5.85. The highest BCUT2D eigenvalue weighted by molar-refractivity contribution is 5.77. The van der Waals surface area contributed by atoms with Gasteiger partial charge in [0.25, 0.3) is 0 Å². The smallest absolute Gasteiger partial charge is 0.126 e. The predicted molar refractivity (Wildman–Crippen MR) is 94.3 cm³/mol.